The summed E-state index contributed by atoms with van der Waals surface area (Å²) in [5, 5.41) is 1.07. The van der Waals surface area contributed by atoms with E-state index >= 15 is 0 Å². The van der Waals surface area contributed by atoms with Crippen LogP contribution in [0.15, 0.2) is 30.5 Å². The lowest BCUT2D eigenvalue weighted by Crippen LogP contribution is -2.31. The molecule has 2 aromatic heterocycles. The molecule has 0 saturated carbocycles. The van der Waals surface area contributed by atoms with Crippen LogP contribution in [-0.4, -0.2) is 26.4 Å². The van der Waals surface area contributed by atoms with Crippen molar-refractivity contribution in [3.8, 4) is 11.4 Å². The topological polar surface area (TPSA) is 41.9 Å². The Bertz CT molecular complexity index is 996. The van der Waals surface area contributed by atoms with E-state index in [4.69, 9.17) is 0 Å². The Morgan fingerprint density at radius 3 is 2.50 bits per heavy atom. The molecule has 1 aliphatic heterocycles. The van der Waals surface area contributed by atoms with Gasteiger partial charge in [0, 0.05) is 36.3 Å². The number of aromatic nitrogens is 3. The van der Waals surface area contributed by atoms with Gasteiger partial charge in [0.25, 0.3) is 0 Å². The molecule has 0 fully saturated rings. The van der Waals surface area contributed by atoms with Crippen LogP contribution < -0.4 is 0 Å². The number of hydrogen-bond acceptors (Lipinski definition) is 5. The zero-order chi connectivity index (χ0) is 19.9. The Morgan fingerprint density at radius 1 is 1.11 bits per heavy atom. The molecule has 0 atom stereocenters. The quantitative estimate of drug-likeness (QED) is 0.629. The van der Waals surface area contributed by atoms with E-state index in [1.165, 1.54) is 17.0 Å². The third-order valence-corrected chi connectivity index (χ3v) is 5.92. The zero-order valence-corrected chi connectivity index (χ0v) is 16.4. The van der Waals surface area contributed by atoms with Gasteiger partial charge in [0.05, 0.1) is 22.0 Å². The fourth-order valence-electron chi connectivity index (χ4n) is 3.36. The van der Waals surface area contributed by atoms with Crippen molar-refractivity contribution in [3.05, 3.63) is 62.9 Å². The fraction of sp³-hybridized carbons (Fsp3) is 0.350. The molecule has 3 heterocycles. The van der Waals surface area contributed by atoms with E-state index in [1.54, 1.807) is 17.5 Å². The number of hydrogen-bond donors (Lipinski definition) is 0. The predicted octanol–water partition coefficient (Wildman–Crippen LogP) is 4.79. The first kappa shape index (κ1) is 19.0. The smallest absolute Gasteiger partial charge is 0.292 e. The second kappa shape index (κ2) is 7.25. The molecule has 0 spiro atoms. The van der Waals surface area contributed by atoms with Gasteiger partial charge in [-0.2, -0.15) is 13.2 Å². The van der Waals surface area contributed by atoms with Gasteiger partial charge >= 0.3 is 6.18 Å². The summed E-state index contributed by atoms with van der Waals surface area (Å²) in [6, 6.07) is 4.99. The van der Waals surface area contributed by atoms with Crippen LogP contribution >= 0.6 is 11.3 Å². The van der Waals surface area contributed by atoms with E-state index in [2.05, 4.69) is 19.9 Å². The van der Waals surface area contributed by atoms with Gasteiger partial charge in [-0.15, -0.1) is 11.3 Å². The van der Waals surface area contributed by atoms with Crippen molar-refractivity contribution < 1.29 is 13.2 Å². The molecule has 0 amide bonds. The van der Waals surface area contributed by atoms with Gasteiger partial charge in [-0.05, 0) is 38.0 Å². The SMILES string of the molecule is Cc1nc(C)c(CN2CCc3cnc(-c4ccc(C(F)(F)F)cc4)nc3C2)s1. The number of halogens is 3. The first-order valence-electron chi connectivity index (χ1n) is 8.97. The summed E-state index contributed by atoms with van der Waals surface area (Å²) in [6.45, 7) is 6.49. The van der Waals surface area contributed by atoms with Crippen molar-refractivity contribution >= 4 is 11.3 Å². The number of benzene rings is 1. The standard InChI is InChI=1S/C20H19F3N4S/c1-12-18(28-13(2)25-12)11-27-8-7-15-9-24-19(26-17(15)10-27)14-3-5-16(6-4-14)20(21,22)23/h3-6,9H,7-8,10-11H2,1-2H3. The predicted molar refractivity (Wildman–Crippen MR) is 102 cm³/mol. The first-order chi connectivity index (χ1) is 13.3. The second-order valence-corrected chi connectivity index (χ2v) is 8.23. The van der Waals surface area contributed by atoms with Crippen molar-refractivity contribution in [1.82, 2.24) is 19.9 Å². The van der Waals surface area contributed by atoms with E-state index in [-0.39, 0.29) is 0 Å². The summed E-state index contributed by atoms with van der Waals surface area (Å²) in [4.78, 5) is 17.1. The van der Waals surface area contributed by atoms with Crippen LogP contribution in [-0.2, 0) is 25.7 Å². The normalized spacial score (nSPS) is 14.9. The Labute approximate surface area is 165 Å². The molecule has 0 unspecified atom stereocenters. The van der Waals surface area contributed by atoms with Crippen molar-refractivity contribution in [2.45, 2.75) is 39.5 Å². The second-order valence-electron chi connectivity index (χ2n) is 6.94. The Hall–Kier alpha value is -2.32. The molecule has 28 heavy (non-hydrogen) atoms. The van der Waals surface area contributed by atoms with Crippen molar-refractivity contribution in [1.29, 1.82) is 0 Å². The molecular formula is C20H19F3N4S. The monoisotopic (exact) mass is 404 g/mol. The van der Waals surface area contributed by atoms with Gasteiger partial charge in [-0.1, -0.05) is 12.1 Å². The Kier molecular flexibility index (Phi) is 4.93. The lowest BCUT2D eigenvalue weighted by molar-refractivity contribution is -0.137. The average Bonchev–Trinajstić information content (AvgIpc) is 2.97. The number of thiazole rings is 1. The van der Waals surface area contributed by atoms with Crippen LogP contribution in [0.4, 0.5) is 13.2 Å². The largest absolute Gasteiger partial charge is 0.416 e. The van der Waals surface area contributed by atoms with Gasteiger partial charge in [-0.3, -0.25) is 4.90 Å². The highest BCUT2D eigenvalue weighted by Gasteiger charge is 2.30. The van der Waals surface area contributed by atoms with Gasteiger partial charge < -0.3 is 0 Å². The minimum Gasteiger partial charge on any atom is -0.292 e. The number of rotatable bonds is 3. The summed E-state index contributed by atoms with van der Waals surface area (Å²) in [5.41, 5.74) is 3.03. The number of fused-ring (bicyclic) bond motifs is 1. The van der Waals surface area contributed by atoms with Gasteiger partial charge in [0.15, 0.2) is 5.82 Å². The van der Waals surface area contributed by atoms with Crippen molar-refractivity contribution in [2.24, 2.45) is 0 Å². The van der Waals surface area contributed by atoms with E-state index in [1.807, 2.05) is 13.8 Å². The van der Waals surface area contributed by atoms with Crippen LogP contribution in [0.3, 0.4) is 0 Å². The van der Waals surface area contributed by atoms with E-state index < -0.39 is 11.7 Å². The molecule has 3 aromatic rings. The van der Waals surface area contributed by atoms with Crippen LogP contribution in [0.5, 0.6) is 0 Å². The molecular weight excluding hydrogens is 385 g/mol. The minimum absolute atomic E-state index is 0.458. The number of alkyl halides is 3. The van der Waals surface area contributed by atoms with Gasteiger partial charge in [-0.25, -0.2) is 15.0 Å². The molecule has 146 valence electrons. The van der Waals surface area contributed by atoms with Gasteiger partial charge in [0.1, 0.15) is 0 Å². The minimum atomic E-state index is -4.34. The highest BCUT2D eigenvalue weighted by Crippen LogP contribution is 2.31. The van der Waals surface area contributed by atoms with Crippen LogP contribution in [0.2, 0.25) is 0 Å². The molecule has 0 radical (unpaired) electrons. The summed E-state index contributed by atoms with van der Waals surface area (Å²) >= 11 is 1.72. The maximum Gasteiger partial charge on any atom is 0.416 e. The molecule has 4 rings (SSSR count). The van der Waals surface area contributed by atoms with Crippen LogP contribution in [0, 0.1) is 13.8 Å². The molecule has 0 bridgehead atoms. The molecule has 0 N–H and O–H groups in total. The van der Waals surface area contributed by atoms with Crippen molar-refractivity contribution in [2.75, 3.05) is 6.54 Å². The molecule has 1 aromatic carbocycles. The van der Waals surface area contributed by atoms with Crippen LogP contribution in [0.1, 0.15) is 32.4 Å². The highest BCUT2D eigenvalue weighted by atomic mass is 32.1. The van der Waals surface area contributed by atoms with E-state index in [0.717, 1.165) is 53.6 Å². The highest BCUT2D eigenvalue weighted by molar-refractivity contribution is 7.11. The van der Waals surface area contributed by atoms with E-state index in [9.17, 15) is 13.2 Å². The summed E-state index contributed by atoms with van der Waals surface area (Å²) in [6.07, 6.45) is -1.68. The van der Waals surface area contributed by atoms with E-state index in [0.29, 0.717) is 17.9 Å². The summed E-state index contributed by atoms with van der Waals surface area (Å²) in [7, 11) is 0. The zero-order valence-electron chi connectivity index (χ0n) is 15.5. The molecule has 0 aliphatic carbocycles. The molecule has 0 saturated heterocycles. The maximum absolute atomic E-state index is 12.8. The Balaban J connectivity index is 1.54. The number of aryl methyl sites for hydroxylation is 2. The summed E-state index contributed by atoms with van der Waals surface area (Å²) < 4.78 is 38.3. The third-order valence-electron chi connectivity index (χ3n) is 4.86. The van der Waals surface area contributed by atoms with Crippen molar-refractivity contribution in [3.63, 3.8) is 0 Å². The maximum atomic E-state index is 12.8. The molecule has 8 heteroatoms. The Morgan fingerprint density at radius 2 is 1.86 bits per heavy atom. The molecule has 1 aliphatic rings. The lowest BCUT2D eigenvalue weighted by atomic mass is 10.1. The summed E-state index contributed by atoms with van der Waals surface area (Å²) in [5.74, 6) is 0.458. The first-order valence-corrected chi connectivity index (χ1v) is 9.79. The lowest BCUT2D eigenvalue weighted by Gasteiger charge is -2.27. The number of nitrogens with zero attached hydrogens (tertiary/aromatic N) is 4. The fourth-order valence-corrected chi connectivity index (χ4v) is 4.34. The van der Waals surface area contributed by atoms with Gasteiger partial charge in [0.2, 0.25) is 0 Å². The van der Waals surface area contributed by atoms with Crippen LogP contribution in [0.25, 0.3) is 11.4 Å². The molecule has 4 nitrogen and oxygen atoms in total. The third kappa shape index (κ3) is 3.93. The average molecular weight is 404 g/mol.